The highest BCUT2D eigenvalue weighted by atomic mass is 32.2. The van der Waals surface area contributed by atoms with E-state index in [2.05, 4.69) is 22.9 Å². The average molecular weight is 678 g/mol. The summed E-state index contributed by atoms with van der Waals surface area (Å²) in [7, 11) is 0. The lowest BCUT2D eigenvalue weighted by Gasteiger charge is -2.22. The molecule has 0 bridgehead atoms. The summed E-state index contributed by atoms with van der Waals surface area (Å²) in [5, 5.41) is 9.26. The Labute approximate surface area is 278 Å². The zero-order chi connectivity index (χ0) is 31.3. The second kappa shape index (κ2) is 22.8. The second-order valence-electron chi connectivity index (χ2n) is 11.9. The molecule has 43 heavy (non-hydrogen) atoms. The van der Waals surface area contributed by atoms with Gasteiger partial charge in [0, 0.05) is 24.0 Å². The molecule has 3 atom stereocenters. The number of unbranched alkanes of at least 4 members (excludes halogenated alkanes) is 10. The van der Waals surface area contributed by atoms with E-state index in [1.54, 1.807) is 11.8 Å². The monoisotopic (exact) mass is 677 g/mol. The molecule has 3 amide bonds. The van der Waals surface area contributed by atoms with E-state index in [4.69, 9.17) is 21.7 Å². The number of hydrogen-bond acceptors (Lipinski definition) is 9. The Bertz CT molecular complexity index is 848. The van der Waals surface area contributed by atoms with Crippen molar-refractivity contribution < 1.29 is 23.9 Å². The molecular formula is C31H55N3O5S4. The van der Waals surface area contributed by atoms with Crippen molar-refractivity contribution in [2.45, 2.75) is 133 Å². The van der Waals surface area contributed by atoms with Crippen LogP contribution in [0.2, 0.25) is 0 Å². The third-order valence-corrected chi connectivity index (χ3v) is 11.9. The molecule has 0 radical (unpaired) electrons. The highest BCUT2D eigenvalue weighted by Gasteiger charge is 2.42. The van der Waals surface area contributed by atoms with Crippen molar-refractivity contribution >= 4 is 68.9 Å². The van der Waals surface area contributed by atoms with Gasteiger partial charge < -0.3 is 25.4 Å². The summed E-state index contributed by atoms with van der Waals surface area (Å²) in [6.07, 6.45) is 16.5. The molecule has 2 rings (SSSR count). The van der Waals surface area contributed by atoms with Crippen LogP contribution in [0.15, 0.2) is 0 Å². The maximum Gasteiger partial charge on any atom is 0.322 e. The maximum absolute atomic E-state index is 12.6. The van der Waals surface area contributed by atoms with E-state index in [0.29, 0.717) is 24.8 Å². The molecule has 2 aliphatic heterocycles. The lowest BCUT2D eigenvalue weighted by atomic mass is 10.0. The van der Waals surface area contributed by atoms with Gasteiger partial charge in [0.2, 0.25) is 5.91 Å². The molecule has 248 valence electrons. The first-order valence-electron chi connectivity index (χ1n) is 16.3. The van der Waals surface area contributed by atoms with Gasteiger partial charge in [-0.3, -0.25) is 9.59 Å². The van der Waals surface area contributed by atoms with Crippen molar-refractivity contribution in [2.75, 3.05) is 37.9 Å². The fourth-order valence-electron chi connectivity index (χ4n) is 5.12. The van der Waals surface area contributed by atoms with E-state index in [-0.39, 0.29) is 43.2 Å². The van der Waals surface area contributed by atoms with E-state index < -0.39 is 4.75 Å². The standard InChI is InChI=1S/C31H55N3O5S4/c1-4-5-6-7-8-9-10-11-12-15-22-41-30(40)43-31(2,3)28(36)39-21-20-38-19-18-32-26(35)17-14-13-16-25-27-24(23-42-25)33-29(37)34-27/h24-25,27H,4-23H2,1-3H3,(H,32,35)(H2,33,34,37). The smallest absolute Gasteiger partial charge is 0.322 e. The molecule has 0 saturated carbocycles. The summed E-state index contributed by atoms with van der Waals surface area (Å²) in [5.74, 6) is 1.67. The molecule has 0 aromatic heterocycles. The molecule has 8 nitrogen and oxygen atoms in total. The number of esters is 1. The Morgan fingerprint density at radius 1 is 0.977 bits per heavy atom. The Kier molecular flexibility index (Phi) is 20.4. The van der Waals surface area contributed by atoms with Crippen LogP contribution in [0.25, 0.3) is 0 Å². The highest BCUT2D eigenvalue weighted by Crippen LogP contribution is 2.34. The van der Waals surface area contributed by atoms with E-state index in [1.807, 2.05) is 25.6 Å². The SMILES string of the molecule is CCCCCCCCCCCCSC(=S)SC(C)(C)C(=O)OCCOCCNC(=O)CCCCC1SCC2NC(=O)NC21. The van der Waals surface area contributed by atoms with Gasteiger partial charge in [-0.2, -0.15) is 11.8 Å². The number of hydrogen-bond donors (Lipinski definition) is 3. The molecule has 3 unspecified atom stereocenters. The molecule has 2 heterocycles. The van der Waals surface area contributed by atoms with Crippen LogP contribution in [0.3, 0.4) is 0 Å². The fourth-order valence-corrected chi connectivity index (χ4v) is 9.72. The minimum absolute atomic E-state index is 0.0172. The Hall–Kier alpha value is -0.690. The summed E-state index contributed by atoms with van der Waals surface area (Å²) >= 11 is 10.5. The lowest BCUT2D eigenvalue weighted by molar-refractivity contribution is -0.147. The first-order valence-corrected chi connectivity index (χ1v) is 19.5. The quantitative estimate of drug-likeness (QED) is 0.0438. The van der Waals surface area contributed by atoms with Crippen molar-refractivity contribution in [3.05, 3.63) is 0 Å². The number of thiocarbonyl (C=S) groups is 1. The summed E-state index contributed by atoms with van der Waals surface area (Å²) in [4.78, 5) is 36.1. The highest BCUT2D eigenvalue weighted by molar-refractivity contribution is 8.47. The van der Waals surface area contributed by atoms with Gasteiger partial charge >= 0.3 is 12.0 Å². The molecule has 3 N–H and O–H groups in total. The topological polar surface area (TPSA) is 106 Å². The van der Waals surface area contributed by atoms with Crippen molar-refractivity contribution in [3.63, 3.8) is 0 Å². The maximum atomic E-state index is 12.6. The summed E-state index contributed by atoms with van der Waals surface area (Å²) in [5.41, 5.74) is 0. The Balaban J connectivity index is 1.38. The van der Waals surface area contributed by atoms with Crippen LogP contribution in [0.4, 0.5) is 4.79 Å². The molecule has 0 spiro atoms. The molecule has 0 aliphatic carbocycles. The van der Waals surface area contributed by atoms with Crippen LogP contribution < -0.4 is 16.0 Å². The summed E-state index contributed by atoms with van der Waals surface area (Å²) in [6.45, 7) is 7.20. The van der Waals surface area contributed by atoms with Crippen LogP contribution in [0, 0.1) is 0 Å². The van der Waals surface area contributed by atoms with Crippen LogP contribution >= 0.6 is 47.5 Å². The number of nitrogens with one attached hydrogen (secondary N) is 3. The number of thioether (sulfide) groups is 3. The van der Waals surface area contributed by atoms with E-state index >= 15 is 0 Å². The van der Waals surface area contributed by atoms with E-state index in [9.17, 15) is 14.4 Å². The van der Waals surface area contributed by atoms with E-state index in [0.717, 1.165) is 40.7 Å². The van der Waals surface area contributed by atoms with Gasteiger partial charge in [0.25, 0.3) is 0 Å². The van der Waals surface area contributed by atoms with Gasteiger partial charge in [-0.05, 0) is 38.9 Å². The molecule has 0 aromatic rings. The summed E-state index contributed by atoms with van der Waals surface area (Å²) < 4.78 is 11.0. The van der Waals surface area contributed by atoms with Gasteiger partial charge in [0.05, 0.1) is 25.3 Å². The number of carbonyl (C=O) groups is 3. The number of rotatable bonds is 24. The molecule has 2 fully saturated rings. The first kappa shape index (κ1) is 38.5. The fraction of sp³-hybridized carbons (Fsp3) is 0.871. The number of urea groups is 1. The molecule has 0 aromatic carbocycles. The number of fused-ring (bicyclic) bond motifs is 1. The normalized spacial score (nSPS) is 19.5. The van der Waals surface area contributed by atoms with Gasteiger partial charge in [-0.25, -0.2) is 4.79 Å². The van der Waals surface area contributed by atoms with Gasteiger partial charge in [-0.1, -0.05) is 95.1 Å². The number of amides is 3. The van der Waals surface area contributed by atoms with Crippen molar-refractivity contribution in [1.29, 1.82) is 0 Å². The Morgan fingerprint density at radius 2 is 1.67 bits per heavy atom. The van der Waals surface area contributed by atoms with Crippen molar-refractivity contribution in [3.8, 4) is 0 Å². The van der Waals surface area contributed by atoms with Gasteiger partial charge in [-0.15, -0.1) is 11.8 Å². The Morgan fingerprint density at radius 3 is 2.40 bits per heavy atom. The van der Waals surface area contributed by atoms with Crippen molar-refractivity contribution in [2.24, 2.45) is 0 Å². The predicted octanol–water partition coefficient (Wildman–Crippen LogP) is 6.84. The third-order valence-electron chi connectivity index (χ3n) is 7.66. The number of ether oxygens (including phenoxy) is 2. The van der Waals surface area contributed by atoms with Crippen molar-refractivity contribution in [1.82, 2.24) is 16.0 Å². The predicted molar refractivity (Wildman–Crippen MR) is 187 cm³/mol. The van der Waals surface area contributed by atoms with Crippen LogP contribution in [-0.4, -0.2) is 81.4 Å². The van der Waals surface area contributed by atoms with Crippen LogP contribution in [0.1, 0.15) is 111 Å². The largest absolute Gasteiger partial charge is 0.462 e. The lowest BCUT2D eigenvalue weighted by Crippen LogP contribution is -2.36. The molecule has 12 heteroatoms. The zero-order valence-corrected chi connectivity index (χ0v) is 29.8. The summed E-state index contributed by atoms with van der Waals surface area (Å²) in [6, 6.07) is 0.394. The van der Waals surface area contributed by atoms with Gasteiger partial charge in [0.1, 0.15) is 14.9 Å². The molecular weight excluding hydrogens is 623 g/mol. The van der Waals surface area contributed by atoms with Gasteiger partial charge in [0.15, 0.2) is 0 Å². The molecule has 2 aliphatic rings. The minimum Gasteiger partial charge on any atom is -0.462 e. The average Bonchev–Trinajstić information content (AvgIpc) is 3.52. The van der Waals surface area contributed by atoms with E-state index in [1.165, 1.54) is 69.5 Å². The van der Waals surface area contributed by atoms with Crippen LogP contribution in [0.5, 0.6) is 0 Å². The zero-order valence-electron chi connectivity index (χ0n) is 26.5. The minimum atomic E-state index is -0.740. The molecule has 2 saturated heterocycles. The first-order chi connectivity index (χ1) is 20.7. The second-order valence-corrected chi connectivity index (χ2v) is 17.1. The number of carbonyl (C=O) groups excluding carboxylic acids is 3. The third kappa shape index (κ3) is 17.0. The van der Waals surface area contributed by atoms with Crippen LogP contribution in [-0.2, 0) is 19.1 Å².